The molecule has 3 nitrogen and oxygen atoms in total. The van der Waals surface area contributed by atoms with Gasteiger partial charge in [0.15, 0.2) is 0 Å². The van der Waals surface area contributed by atoms with Gasteiger partial charge < -0.3 is 15.3 Å². The van der Waals surface area contributed by atoms with E-state index in [1.54, 1.807) is 0 Å². The third-order valence-corrected chi connectivity index (χ3v) is 3.00. The highest BCUT2D eigenvalue weighted by Crippen LogP contribution is 2.21. The molecule has 2 N–H and O–H groups in total. The zero-order valence-electron chi connectivity index (χ0n) is 9.88. The molecule has 0 saturated carbocycles. The maximum absolute atomic E-state index is 9.33. The van der Waals surface area contributed by atoms with E-state index in [0.717, 1.165) is 19.5 Å². The van der Waals surface area contributed by atoms with Gasteiger partial charge in [-0.3, -0.25) is 0 Å². The monoisotopic (exact) mass is 200 g/mol. The van der Waals surface area contributed by atoms with E-state index < -0.39 is 0 Å². The summed E-state index contributed by atoms with van der Waals surface area (Å²) in [6.07, 6.45) is 2.13. The van der Waals surface area contributed by atoms with Gasteiger partial charge >= 0.3 is 0 Å². The van der Waals surface area contributed by atoms with Crippen molar-refractivity contribution in [1.29, 1.82) is 0 Å². The quantitative estimate of drug-likeness (QED) is 0.708. The Labute approximate surface area is 87.5 Å². The maximum atomic E-state index is 9.33. The smallest absolute Gasteiger partial charge is 0.0639 e. The van der Waals surface area contributed by atoms with E-state index >= 15 is 0 Å². The molecule has 1 aliphatic rings. The van der Waals surface area contributed by atoms with Gasteiger partial charge in [-0.1, -0.05) is 0 Å². The Bertz CT molecular complexity index is 180. The van der Waals surface area contributed by atoms with E-state index in [4.69, 9.17) is 0 Å². The number of piperidine rings is 1. The summed E-state index contributed by atoms with van der Waals surface area (Å²) in [6.45, 7) is 8.20. The van der Waals surface area contributed by atoms with Gasteiger partial charge in [0.25, 0.3) is 0 Å². The maximum Gasteiger partial charge on any atom is 0.0639 e. The average molecular weight is 200 g/mol. The molecule has 1 heterocycles. The fraction of sp³-hybridized carbons (Fsp3) is 1.00. The van der Waals surface area contributed by atoms with Crippen LogP contribution in [0.2, 0.25) is 0 Å². The zero-order chi connectivity index (χ0) is 10.8. The Morgan fingerprint density at radius 3 is 2.71 bits per heavy atom. The Morgan fingerprint density at radius 2 is 2.21 bits per heavy atom. The predicted molar refractivity (Wildman–Crippen MR) is 59.4 cm³/mol. The second-order valence-corrected chi connectivity index (χ2v) is 5.25. The lowest BCUT2D eigenvalue weighted by Crippen LogP contribution is -2.53. The van der Waals surface area contributed by atoms with Crippen LogP contribution < -0.4 is 5.32 Å². The number of aliphatic hydroxyl groups excluding tert-OH is 1. The highest BCUT2D eigenvalue weighted by molar-refractivity contribution is 4.90. The van der Waals surface area contributed by atoms with Crippen molar-refractivity contribution >= 4 is 0 Å². The molecule has 0 amide bonds. The van der Waals surface area contributed by atoms with Gasteiger partial charge in [0.1, 0.15) is 0 Å². The lowest BCUT2D eigenvalue weighted by molar-refractivity contribution is 0.0859. The molecule has 0 bridgehead atoms. The summed E-state index contributed by atoms with van der Waals surface area (Å²) >= 11 is 0. The largest absolute Gasteiger partial charge is 0.392 e. The van der Waals surface area contributed by atoms with Gasteiger partial charge in [0.05, 0.1) is 6.10 Å². The second-order valence-electron chi connectivity index (χ2n) is 5.25. The Balaban J connectivity index is 2.43. The van der Waals surface area contributed by atoms with Crippen LogP contribution in [0, 0.1) is 0 Å². The summed E-state index contributed by atoms with van der Waals surface area (Å²) in [5.74, 6) is 0. The zero-order valence-corrected chi connectivity index (χ0v) is 9.88. The number of hydrogen-bond donors (Lipinski definition) is 2. The summed E-state index contributed by atoms with van der Waals surface area (Å²) < 4.78 is 0. The Hall–Kier alpha value is -0.120. The molecule has 0 radical (unpaired) electrons. The molecule has 1 fully saturated rings. The minimum Gasteiger partial charge on any atom is -0.392 e. The molecule has 0 aliphatic carbocycles. The van der Waals surface area contributed by atoms with E-state index in [2.05, 4.69) is 31.1 Å². The molecule has 1 saturated heterocycles. The van der Waals surface area contributed by atoms with E-state index in [1.165, 1.54) is 6.42 Å². The molecule has 0 aromatic heterocycles. The van der Waals surface area contributed by atoms with Gasteiger partial charge in [-0.2, -0.15) is 0 Å². The third-order valence-electron chi connectivity index (χ3n) is 3.00. The lowest BCUT2D eigenvalue weighted by Gasteiger charge is -2.41. The minimum absolute atomic E-state index is 0.224. The van der Waals surface area contributed by atoms with Crippen molar-refractivity contribution < 1.29 is 5.11 Å². The van der Waals surface area contributed by atoms with Gasteiger partial charge in [-0.05, 0) is 47.2 Å². The molecule has 3 heteroatoms. The number of likely N-dealkylation sites (N-methyl/N-ethyl adjacent to an activating group) is 1. The second kappa shape index (κ2) is 4.60. The van der Waals surface area contributed by atoms with Crippen LogP contribution in [0.15, 0.2) is 0 Å². The first-order valence-electron chi connectivity index (χ1n) is 5.54. The minimum atomic E-state index is -0.224. The molecule has 0 aromatic rings. The molecular formula is C11H24N2O. The summed E-state index contributed by atoms with van der Waals surface area (Å²) in [7, 11) is 2.11. The van der Waals surface area contributed by atoms with Crippen molar-refractivity contribution in [2.45, 2.75) is 51.3 Å². The van der Waals surface area contributed by atoms with Crippen LogP contribution in [0.25, 0.3) is 0 Å². The van der Waals surface area contributed by atoms with Crippen molar-refractivity contribution in [3.8, 4) is 0 Å². The Morgan fingerprint density at radius 1 is 1.57 bits per heavy atom. The number of hydrogen-bond acceptors (Lipinski definition) is 3. The average Bonchev–Trinajstić information content (AvgIpc) is 2.01. The van der Waals surface area contributed by atoms with Crippen molar-refractivity contribution in [2.75, 3.05) is 20.1 Å². The van der Waals surface area contributed by atoms with Crippen molar-refractivity contribution in [1.82, 2.24) is 10.2 Å². The summed E-state index contributed by atoms with van der Waals surface area (Å²) in [6, 6.07) is 0.612. The topological polar surface area (TPSA) is 35.5 Å². The van der Waals surface area contributed by atoms with E-state index in [0.29, 0.717) is 6.04 Å². The number of aliphatic hydroxyl groups is 1. The van der Waals surface area contributed by atoms with Crippen LogP contribution in [0.1, 0.15) is 33.6 Å². The molecule has 0 spiro atoms. The molecule has 0 aromatic carbocycles. The molecular weight excluding hydrogens is 176 g/mol. The molecule has 1 rings (SSSR count). The standard InChI is InChI=1S/C11H24N2O/c1-9(14)8-13(4)10-5-6-12-11(2,3)7-10/h9-10,12,14H,5-8H2,1-4H3. The third kappa shape index (κ3) is 3.56. The predicted octanol–water partition coefficient (Wildman–Crippen LogP) is 0.830. The molecule has 2 atom stereocenters. The lowest BCUT2D eigenvalue weighted by atomic mass is 9.88. The van der Waals surface area contributed by atoms with Crippen LogP contribution in [-0.4, -0.2) is 47.8 Å². The highest BCUT2D eigenvalue weighted by Gasteiger charge is 2.29. The normalized spacial score (nSPS) is 29.1. The first-order chi connectivity index (χ1) is 6.41. The van der Waals surface area contributed by atoms with Gasteiger partial charge in [-0.15, -0.1) is 0 Å². The van der Waals surface area contributed by atoms with Crippen LogP contribution in [0.3, 0.4) is 0 Å². The Kier molecular flexibility index (Phi) is 3.93. The number of rotatable bonds is 3. The van der Waals surface area contributed by atoms with E-state index in [-0.39, 0.29) is 11.6 Å². The first kappa shape index (κ1) is 12.0. The van der Waals surface area contributed by atoms with Crippen LogP contribution in [-0.2, 0) is 0 Å². The van der Waals surface area contributed by atoms with Crippen molar-refractivity contribution in [2.24, 2.45) is 0 Å². The van der Waals surface area contributed by atoms with E-state index in [9.17, 15) is 5.11 Å². The van der Waals surface area contributed by atoms with Gasteiger partial charge in [0.2, 0.25) is 0 Å². The number of nitrogens with one attached hydrogen (secondary N) is 1. The van der Waals surface area contributed by atoms with Gasteiger partial charge in [0, 0.05) is 18.1 Å². The summed E-state index contributed by atoms with van der Waals surface area (Å²) in [5, 5.41) is 12.8. The summed E-state index contributed by atoms with van der Waals surface area (Å²) in [4.78, 5) is 2.28. The molecule has 84 valence electrons. The van der Waals surface area contributed by atoms with Gasteiger partial charge in [-0.25, -0.2) is 0 Å². The molecule has 14 heavy (non-hydrogen) atoms. The van der Waals surface area contributed by atoms with Crippen molar-refractivity contribution in [3.63, 3.8) is 0 Å². The SMILES string of the molecule is CC(O)CN(C)C1CCNC(C)(C)C1. The van der Waals surface area contributed by atoms with Crippen LogP contribution in [0.4, 0.5) is 0 Å². The fourth-order valence-corrected chi connectivity index (χ4v) is 2.28. The van der Waals surface area contributed by atoms with Crippen LogP contribution in [0.5, 0.6) is 0 Å². The summed E-state index contributed by atoms with van der Waals surface area (Å²) in [5.41, 5.74) is 0.246. The number of nitrogens with zero attached hydrogens (tertiary/aromatic N) is 1. The highest BCUT2D eigenvalue weighted by atomic mass is 16.3. The molecule has 2 unspecified atom stereocenters. The molecule has 1 aliphatic heterocycles. The van der Waals surface area contributed by atoms with Crippen LogP contribution >= 0.6 is 0 Å². The van der Waals surface area contributed by atoms with Crippen molar-refractivity contribution in [3.05, 3.63) is 0 Å². The fourth-order valence-electron chi connectivity index (χ4n) is 2.28. The van der Waals surface area contributed by atoms with E-state index in [1.807, 2.05) is 6.92 Å². The first-order valence-corrected chi connectivity index (χ1v) is 5.54.